The molecule has 1 saturated heterocycles. The van der Waals surface area contributed by atoms with E-state index in [2.05, 4.69) is 93.9 Å². The fourth-order valence-corrected chi connectivity index (χ4v) is 13.2. The quantitative estimate of drug-likeness (QED) is 0.498. The maximum atomic E-state index is 2.65. The second kappa shape index (κ2) is 6.29. The molecule has 2 aromatic carbocycles. The van der Waals surface area contributed by atoms with Crippen LogP contribution in [0.15, 0.2) is 59.8 Å². The summed E-state index contributed by atoms with van der Waals surface area (Å²) >= 11 is 0. The highest BCUT2D eigenvalue weighted by Crippen LogP contribution is 2.60. The molecule has 0 atom stereocenters. The number of benzene rings is 2. The van der Waals surface area contributed by atoms with Crippen LogP contribution >= 0.6 is 0 Å². The fraction of sp³-hybridized carbons (Fsp3) is 0.385. The molecule has 0 N–H and O–H groups in total. The van der Waals surface area contributed by atoms with Crippen molar-refractivity contribution in [3.8, 4) is 11.1 Å². The summed E-state index contributed by atoms with van der Waals surface area (Å²) in [5, 5.41) is 5.07. The van der Waals surface area contributed by atoms with E-state index in [9.17, 15) is 0 Å². The van der Waals surface area contributed by atoms with E-state index < -0.39 is 24.2 Å². The summed E-state index contributed by atoms with van der Waals surface area (Å²) in [5.41, 5.74) is 7.14. The Hall–Kier alpha value is -1.43. The van der Waals surface area contributed by atoms with Crippen LogP contribution < -0.4 is 10.4 Å². The third kappa shape index (κ3) is 3.05. The van der Waals surface area contributed by atoms with E-state index in [-0.39, 0.29) is 0 Å². The molecule has 3 heteroatoms. The van der Waals surface area contributed by atoms with Crippen molar-refractivity contribution in [2.45, 2.75) is 63.3 Å². The van der Waals surface area contributed by atoms with Crippen LogP contribution in [0.4, 0.5) is 0 Å². The molecule has 0 radical (unpaired) electrons. The summed E-state index contributed by atoms with van der Waals surface area (Å²) in [6.07, 6.45) is 8.41. The molecule has 5 rings (SSSR count). The number of hydrogen-bond acceptors (Lipinski definition) is 0. The van der Waals surface area contributed by atoms with Crippen LogP contribution in [-0.4, -0.2) is 24.2 Å². The summed E-state index contributed by atoms with van der Waals surface area (Å²) in [4.78, 5) is 0. The topological polar surface area (TPSA) is 0 Å². The minimum atomic E-state index is -1.42. The van der Waals surface area contributed by atoms with Gasteiger partial charge in [-0.2, -0.15) is 0 Å². The van der Waals surface area contributed by atoms with Crippen molar-refractivity contribution >= 4 is 34.6 Å². The highest BCUT2D eigenvalue weighted by molar-refractivity contribution is 6.97. The summed E-state index contributed by atoms with van der Waals surface area (Å²) in [5.74, 6) is 0. The SMILES string of the molecule is C[Si](C)(C)c1ccc2c(c1)C([Si]1(C3=CC=CC3)CC1)c1cc([Si](C)(C)C)ccc1-2. The summed E-state index contributed by atoms with van der Waals surface area (Å²) in [6.45, 7) is 14.9. The molecule has 0 amide bonds. The van der Waals surface area contributed by atoms with E-state index in [0.29, 0.717) is 5.54 Å². The summed E-state index contributed by atoms with van der Waals surface area (Å²) < 4.78 is 0. The van der Waals surface area contributed by atoms with Gasteiger partial charge >= 0.3 is 0 Å². The number of fused-ring (bicyclic) bond motifs is 3. The largest absolute Gasteiger partial charge is 0.0935 e. The monoisotopic (exact) mass is 430 g/mol. The summed E-state index contributed by atoms with van der Waals surface area (Å²) in [6, 6.07) is 18.1. The molecular formula is C26H34Si3. The molecule has 1 aliphatic heterocycles. The molecule has 2 aliphatic carbocycles. The molecule has 29 heavy (non-hydrogen) atoms. The van der Waals surface area contributed by atoms with E-state index in [0.717, 1.165) is 0 Å². The second-order valence-electron chi connectivity index (χ2n) is 11.5. The Kier molecular flexibility index (Phi) is 4.23. The van der Waals surface area contributed by atoms with Crippen molar-refractivity contribution in [3.05, 3.63) is 70.9 Å². The van der Waals surface area contributed by atoms with Crippen LogP contribution in [0.5, 0.6) is 0 Å². The van der Waals surface area contributed by atoms with Crippen LogP contribution in [0, 0.1) is 0 Å². The fourth-order valence-electron chi connectivity index (χ4n) is 5.54. The zero-order chi connectivity index (χ0) is 20.6. The van der Waals surface area contributed by atoms with Gasteiger partial charge in [-0.25, -0.2) is 0 Å². The average molecular weight is 431 g/mol. The third-order valence-corrected chi connectivity index (χ3v) is 16.5. The Morgan fingerprint density at radius 1 is 0.759 bits per heavy atom. The first-order valence-electron chi connectivity index (χ1n) is 11.3. The third-order valence-electron chi connectivity index (χ3n) is 7.50. The molecule has 0 spiro atoms. The van der Waals surface area contributed by atoms with Gasteiger partial charge in [-0.3, -0.25) is 0 Å². The minimum Gasteiger partial charge on any atom is -0.0809 e. The van der Waals surface area contributed by atoms with Gasteiger partial charge in [0.25, 0.3) is 0 Å². The molecule has 1 fully saturated rings. The van der Waals surface area contributed by atoms with E-state index in [1.165, 1.54) is 18.5 Å². The van der Waals surface area contributed by atoms with E-state index in [1.807, 2.05) is 5.20 Å². The van der Waals surface area contributed by atoms with Gasteiger partial charge in [0.2, 0.25) is 0 Å². The second-order valence-corrected chi connectivity index (χ2v) is 26.2. The lowest BCUT2D eigenvalue weighted by Crippen LogP contribution is -2.39. The molecule has 0 bridgehead atoms. The first kappa shape index (κ1) is 19.5. The zero-order valence-corrected chi connectivity index (χ0v) is 21.9. The van der Waals surface area contributed by atoms with E-state index >= 15 is 0 Å². The predicted octanol–water partition coefficient (Wildman–Crippen LogP) is 6.32. The number of rotatable bonds is 4. The Balaban J connectivity index is 1.73. The maximum absolute atomic E-state index is 2.65. The normalized spacial score (nSPS) is 19.9. The lowest BCUT2D eigenvalue weighted by atomic mass is 10.1. The standard InChI is InChI=1S/C26H34Si3/c1-27(2,3)20-11-13-22-23-14-12-21(28(4,5)6)18-25(23)26(24(22)17-20)29(15-16-29)19-9-7-8-10-19/h7-9,11-14,17-18,26H,10,15-16H2,1-6H3. The highest BCUT2D eigenvalue weighted by atomic mass is 28.3. The van der Waals surface area contributed by atoms with Crippen molar-refractivity contribution in [1.29, 1.82) is 0 Å². The van der Waals surface area contributed by atoms with Crippen LogP contribution in [0.1, 0.15) is 23.1 Å². The van der Waals surface area contributed by atoms with Gasteiger partial charge in [0.05, 0.1) is 24.2 Å². The molecule has 0 saturated carbocycles. The van der Waals surface area contributed by atoms with Crippen molar-refractivity contribution in [2.75, 3.05) is 0 Å². The average Bonchev–Trinajstić information content (AvgIpc) is 3.13. The number of hydrogen-bond donors (Lipinski definition) is 0. The van der Waals surface area contributed by atoms with Gasteiger partial charge in [-0.1, -0.05) is 122 Å². The Labute approximate surface area is 179 Å². The van der Waals surface area contributed by atoms with Gasteiger partial charge in [-0.05, 0) is 28.7 Å². The maximum Gasteiger partial charge on any atom is 0.0935 e. The summed E-state index contributed by atoms with van der Waals surface area (Å²) in [7, 11) is -4.07. The Bertz CT molecular complexity index is 993. The molecule has 0 aromatic heterocycles. The first-order chi connectivity index (χ1) is 13.6. The van der Waals surface area contributed by atoms with Gasteiger partial charge < -0.3 is 0 Å². The van der Waals surface area contributed by atoms with Crippen molar-refractivity contribution in [3.63, 3.8) is 0 Å². The van der Waals surface area contributed by atoms with E-state index in [1.54, 1.807) is 32.6 Å². The van der Waals surface area contributed by atoms with Gasteiger partial charge in [0.15, 0.2) is 0 Å². The molecular weight excluding hydrogens is 397 g/mol. The van der Waals surface area contributed by atoms with Gasteiger partial charge in [0, 0.05) is 5.54 Å². The molecule has 3 aliphatic rings. The number of allylic oxidation sites excluding steroid dienone is 4. The molecule has 150 valence electrons. The smallest absolute Gasteiger partial charge is 0.0809 e. The minimum absolute atomic E-state index is 0.686. The Morgan fingerprint density at radius 3 is 1.66 bits per heavy atom. The van der Waals surface area contributed by atoms with Gasteiger partial charge in [0.1, 0.15) is 0 Å². The Morgan fingerprint density at radius 2 is 1.28 bits per heavy atom. The van der Waals surface area contributed by atoms with Crippen molar-refractivity contribution < 1.29 is 0 Å². The lowest BCUT2D eigenvalue weighted by Gasteiger charge is -2.28. The van der Waals surface area contributed by atoms with Crippen LogP contribution in [0.2, 0.25) is 51.4 Å². The van der Waals surface area contributed by atoms with Crippen LogP contribution in [0.25, 0.3) is 11.1 Å². The first-order valence-corrected chi connectivity index (χ1v) is 20.8. The molecule has 0 unspecified atom stereocenters. The molecule has 0 nitrogen and oxygen atoms in total. The van der Waals surface area contributed by atoms with Crippen LogP contribution in [-0.2, 0) is 0 Å². The zero-order valence-electron chi connectivity index (χ0n) is 18.9. The van der Waals surface area contributed by atoms with Crippen molar-refractivity contribution in [2.24, 2.45) is 0 Å². The predicted molar refractivity (Wildman–Crippen MR) is 137 cm³/mol. The van der Waals surface area contributed by atoms with E-state index in [4.69, 9.17) is 0 Å². The van der Waals surface area contributed by atoms with Gasteiger partial charge in [-0.15, -0.1) is 0 Å². The van der Waals surface area contributed by atoms with Crippen LogP contribution in [0.3, 0.4) is 0 Å². The molecule has 1 heterocycles. The van der Waals surface area contributed by atoms with Crippen molar-refractivity contribution in [1.82, 2.24) is 0 Å². The lowest BCUT2D eigenvalue weighted by molar-refractivity contribution is 1.14. The molecule has 2 aromatic rings. The highest BCUT2D eigenvalue weighted by Gasteiger charge is 2.57.